The number of amides is 1. The molecule has 31 heavy (non-hydrogen) atoms. The van der Waals surface area contributed by atoms with Crippen molar-refractivity contribution < 1.29 is 9.53 Å². The average Bonchev–Trinajstić information content (AvgIpc) is 2.80. The molecule has 1 amide bonds. The van der Waals surface area contributed by atoms with Gasteiger partial charge in [-0.2, -0.15) is 0 Å². The van der Waals surface area contributed by atoms with Crippen LogP contribution in [0.4, 0.5) is 17.3 Å². The van der Waals surface area contributed by atoms with Crippen molar-refractivity contribution >= 4 is 35.0 Å². The van der Waals surface area contributed by atoms with Crippen LogP contribution in [0.15, 0.2) is 52.3 Å². The number of anilines is 3. The largest absolute Gasteiger partial charge is 0.378 e. The van der Waals surface area contributed by atoms with Gasteiger partial charge >= 0.3 is 0 Å². The molecule has 1 aliphatic heterocycles. The van der Waals surface area contributed by atoms with Gasteiger partial charge < -0.3 is 25.6 Å². The number of hydrogen-bond acceptors (Lipinski definition) is 8. The van der Waals surface area contributed by atoms with Crippen LogP contribution in [-0.2, 0) is 9.53 Å². The molecule has 3 rings (SSSR count). The molecule has 1 aromatic heterocycles. The molecule has 162 valence electrons. The third-order valence-corrected chi connectivity index (χ3v) is 5.33. The van der Waals surface area contributed by atoms with Crippen LogP contribution in [-0.4, -0.2) is 49.2 Å². The molecule has 1 aliphatic rings. The van der Waals surface area contributed by atoms with E-state index in [2.05, 4.69) is 31.8 Å². The molecule has 2 aromatic rings. The van der Waals surface area contributed by atoms with E-state index in [0.29, 0.717) is 36.4 Å². The summed E-state index contributed by atoms with van der Waals surface area (Å²) < 4.78 is 5.46. The molecule has 1 fully saturated rings. The zero-order valence-corrected chi connectivity index (χ0v) is 18.5. The van der Waals surface area contributed by atoms with Crippen LogP contribution in [0.3, 0.4) is 0 Å². The SMILES string of the molecule is C#C/C=C(\NC)Nc1cc(N2CCOCC2)nc(Sc2ccc(NC(=O)CC)cc2)n1. The fourth-order valence-corrected chi connectivity index (χ4v) is 3.60. The van der Waals surface area contributed by atoms with Crippen molar-refractivity contribution in [1.82, 2.24) is 15.3 Å². The van der Waals surface area contributed by atoms with Crippen molar-refractivity contribution in [2.75, 3.05) is 48.9 Å². The zero-order chi connectivity index (χ0) is 22.1. The number of benzene rings is 1. The second kappa shape index (κ2) is 11.2. The minimum atomic E-state index is -0.0157. The Hall–Kier alpha value is -3.22. The van der Waals surface area contributed by atoms with Crippen LogP contribution in [0.2, 0.25) is 0 Å². The molecule has 0 unspecified atom stereocenters. The molecule has 1 aromatic carbocycles. The first-order chi connectivity index (χ1) is 15.1. The lowest BCUT2D eigenvalue weighted by atomic mass is 10.3. The van der Waals surface area contributed by atoms with Gasteiger partial charge in [0.2, 0.25) is 5.91 Å². The standard InChI is InChI=1S/C22H26N6O2S/c1-4-6-18(23-3)25-19-15-20(28-11-13-30-14-12-28)27-22(26-19)31-17-9-7-16(8-10-17)24-21(29)5-2/h1,6-10,15,23H,5,11-14H2,2-3H3,(H,24,29)(H,25,26,27)/b18-6+. The molecule has 8 nitrogen and oxygen atoms in total. The van der Waals surface area contributed by atoms with E-state index in [-0.39, 0.29) is 5.91 Å². The third kappa shape index (κ3) is 6.64. The summed E-state index contributed by atoms with van der Waals surface area (Å²) in [6.07, 6.45) is 7.44. The Balaban J connectivity index is 1.83. The number of aromatic nitrogens is 2. The van der Waals surface area contributed by atoms with Crippen molar-refractivity contribution in [3.05, 3.63) is 42.2 Å². The fourth-order valence-electron chi connectivity index (χ4n) is 2.83. The topological polar surface area (TPSA) is 91.4 Å². The maximum Gasteiger partial charge on any atom is 0.224 e. The Morgan fingerprint density at radius 1 is 1.26 bits per heavy atom. The van der Waals surface area contributed by atoms with Crippen LogP contribution in [0.1, 0.15) is 13.3 Å². The Kier molecular flexibility index (Phi) is 8.15. The maximum atomic E-state index is 11.6. The number of ether oxygens (including phenoxy) is 1. The molecule has 0 bridgehead atoms. The number of allylic oxidation sites excluding steroid dienone is 1. The first-order valence-electron chi connectivity index (χ1n) is 10.0. The van der Waals surface area contributed by atoms with Gasteiger partial charge in [0.05, 0.1) is 13.2 Å². The molecule has 3 N–H and O–H groups in total. The first-order valence-corrected chi connectivity index (χ1v) is 10.8. The zero-order valence-electron chi connectivity index (χ0n) is 17.6. The van der Waals surface area contributed by atoms with E-state index in [1.54, 1.807) is 13.1 Å². The molecule has 1 saturated heterocycles. The number of hydrogen-bond donors (Lipinski definition) is 3. The highest BCUT2D eigenvalue weighted by Crippen LogP contribution is 2.29. The molecule has 0 atom stereocenters. The lowest BCUT2D eigenvalue weighted by Gasteiger charge is -2.28. The highest BCUT2D eigenvalue weighted by atomic mass is 32.2. The summed E-state index contributed by atoms with van der Waals surface area (Å²) in [5, 5.41) is 9.68. The van der Waals surface area contributed by atoms with Crippen LogP contribution < -0.4 is 20.9 Å². The average molecular weight is 439 g/mol. The van der Waals surface area contributed by atoms with E-state index in [0.717, 1.165) is 29.5 Å². The summed E-state index contributed by atoms with van der Waals surface area (Å²) in [4.78, 5) is 24.1. The summed E-state index contributed by atoms with van der Waals surface area (Å²) in [7, 11) is 1.79. The van der Waals surface area contributed by atoms with Gasteiger partial charge in [0.1, 0.15) is 17.5 Å². The Labute approximate surface area is 186 Å². The van der Waals surface area contributed by atoms with Gasteiger partial charge in [0.25, 0.3) is 0 Å². The predicted octanol–water partition coefficient (Wildman–Crippen LogP) is 2.92. The predicted molar refractivity (Wildman–Crippen MR) is 124 cm³/mol. The molecule has 0 saturated carbocycles. The summed E-state index contributed by atoms with van der Waals surface area (Å²) in [5.41, 5.74) is 0.764. The van der Waals surface area contributed by atoms with Crippen LogP contribution in [0.5, 0.6) is 0 Å². The molecular formula is C22H26N6O2S. The van der Waals surface area contributed by atoms with E-state index in [9.17, 15) is 4.79 Å². The summed E-state index contributed by atoms with van der Waals surface area (Å²) >= 11 is 1.45. The van der Waals surface area contributed by atoms with Crippen molar-refractivity contribution in [2.24, 2.45) is 0 Å². The van der Waals surface area contributed by atoms with Gasteiger partial charge in [-0.05, 0) is 36.0 Å². The number of terminal acetylenes is 1. The lowest BCUT2D eigenvalue weighted by Crippen LogP contribution is -2.37. The number of nitrogens with one attached hydrogen (secondary N) is 3. The lowest BCUT2D eigenvalue weighted by molar-refractivity contribution is -0.115. The van der Waals surface area contributed by atoms with Crippen LogP contribution >= 0.6 is 11.8 Å². The Morgan fingerprint density at radius 3 is 2.65 bits per heavy atom. The second-order valence-corrected chi connectivity index (χ2v) is 7.66. The molecule has 0 spiro atoms. The molecule has 0 aliphatic carbocycles. The summed E-state index contributed by atoms with van der Waals surface area (Å²) in [5.74, 6) is 4.62. The van der Waals surface area contributed by atoms with Gasteiger partial charge in [-0.25, -0.2) is 9.97 Å². The van der Waals surface area contributed by atoms with E-state index >= 15 is 0 Å². The van der Waals surface area contributed by atoms with E-state index < -0.39 is 0 Å². The smallest absolute Gasteiger partial charge is 0.224 e. The number of rotatable bonds is 8. The third-order valence-electron chi connectivity index (χ3n) is 4.46. The Morgan fingerprint density at radius 2 is 2.00 bits per heavy atom. The van der Waals surface area contributed by atoms with Gasteiger partial charge in [-0.1, -0.05) is 12.8 Å². The van der Waals surface area contributed by atoms with Crippen LogP contribution in [0, 0.1) is 12.3 Å². The van der Waals surface area contributed by atoms with Gasteiger partial charge in [-0.3, -0.25) is 4.79 Å². The van der Waals surface area contributed by atoms with Gasteiger partial charge in [0, 0.05) is 49.3 Å². The summed E-state index contributed by atoms with van der Waals surface area (Å²) in [6.45, 7) is 4.69. The van der Waals surface area contributed by atoms with Crippen molar-refractivity contribution in [3.8, 4) is 12.3 Å². The minimum Gasteiger partial charge on any atom is -0.378 e. The number of carbonyl (C=O) groups is 1. The second-order valence-electron chi connectivity index (χ2n) is 6.62. The van der Waals surface area contributed by atoms with E-state index in [1.807, 2.05) is 37.3 Å². The number of nitrogens with zero attached hydrogens (tertiary/aromatic N) is 3. The van der Waals surface area contributed by atoms with E-state index in [1.165, 1.54) is 11.8 Å². The Bertz CT molecular complexity index is 965. The molecular weight excluding hydrogens is 412 g/mol. The van der Waals surface area contributed by atoms with Gasteiger partial charge in [0.15, 0.2) is 5.16 Å². The highest BCUT2D eigenvalue weighted by Gasteiger charge is 2.16. The quantitative estimate of drug-likeness (QED) is 0.428. The highest BCUT2D eigenvalue weighted by molar-refractivity contribution is 7.99. The maximum absolute atomic E-state index is 11.6. The van der Waals surface area contributed by atoms with Crippen molar-refractivity contribution in [2.45, 2.75) is 23.4 Å². The van der Waals surface area contributed by atoms with Crippen LogP contribution in [0.25, 0.3) is 0 Å². The first kappa shape index (κ1) is 22.5. The normalized spacial score (nSPS) is 14.0. The van der Waals surface area contributed by atoms with Crippen molar-refractivity contribution in [1.29, 1.82) is 0 Å². The minimum absolute atomic E-state index is 0.0157. The van der Waals surface area contributed by atoms with E-state index in [4.69, 9.17) is 16.1 Å². The molecule has 2 heterocycles. The number of carbonyl (C=O) groups excluding carboxylic acids is 1. The molecule has 9 heteroatoms. The summed E-state index contributed by atoms with van der Waals surface area (Å²) in [6, 6.07) is 9.52. The van der Waals surface area contributed by atoms with Crippen molar-refractivity contribution in [3.63, 3.8) is 0 Å². The fraction of sp³-hybridized carbons (Fsp3) is 0.318. The monoisotopic (exact) mass is 438 g/mol. The van der Waals surface area contributed by atoms with Gasteiger partial charge in [-0.15, -0.1) is 6.42 Å². The molecule has 0 radical (unpaired) electrons. The number of morpholine rings is 1.